The van der Waals surface area contributed by atoms with Gasteiger partial charge in [-0.15, -0.1) is 0 Å². The molecule has 0 amide bonds. The first-order chi connectivity index (χ1) is 6.15. The SMILES string of the molecule is C1CCCCC1.CC(C)C.CCC. The van der Waals surface area contributed by atoms with Gasteiger partial charge in [-0.1, -0.05) is 79.6 Å². The number of rotatable bonds is 0. The van der Waals surface area contributed by atoms with Gasteiger partial charge in [-0.3, -0.25) is 0 Å². The van der Waals surface area contributed by atoms with Crippen molar-refractivity contribution < 1.29 is 0 Å². The Kier molecular flexibility index (Phi) is 17.3. The molecule has 0 N–H and O–H groups in total. The highest BCUT2D eigenvalue weighted by molar-refractivity contribution is 4.51. The Morgan fingerprint density at radius 3 is 0.846 bits per heavy atom. The molecule has 0 aliphatic heterocycles. The molecule has 1 aliphatic rings. The molecule has 0 radical (unpaired) electrons. The molecule has 1 fully saturated rings. The maximum Gasteiger partial charge on any atom is -0.0500 e. The minimum atomic E-state index is 0.833. The third-order valence-electron chi connectivity index (χ3n) is 1.50. The van der Waals surface area contributed by atoms with Crippen LogP contribution in [0.4, 0.5) is 0 Å². The van der Waals surface area contributed by atoms with Crippen molar-refractivity contribution >= 4 is 0 Å². The van der Waals surface area contributed by atoms with Gasteiger partial charge >= 0.3 is 0 Å². The monoisotopic (exact) mass is 186 g/mol. The van der Waals surface area contributed by atoms with Crippen molar-refractivity contribution in [2.24, 2.45) is 5.92 Å². The van der Waals surface area contributed by atoms with Crippen molar-refractivity contribution in [1.29, 1.82) is 0 Å². The Bertz CT molecular complexity index is 46.2. The summed E-state index contributed by atoms with van der Waals surface area (Å²) in [6.07, 6.45) is 10.2. The molecule has 1 saturated carbocycles. The fourth-order valence-electron chi connectivity index (χ4n) is 1.06. The highest BCUT2D eigenvalue weighted by Gasteiger charge is 1.95. The van der Waals surface area contributed by atoms with E-state index in [1.54, 1.807) is 0 Å². The Morgan fingerprint density at radius 2 is 0.769 bits per heavy atom. The Morgan fingerprint density at radius 1 is 0.692 bits per heavy atom. The van der Waals surface area contributed by atoms with Gasteiger partial charge in [0.15, 0.2) is 0 Å². The van der Waals surface area contributed by atoms with Gasteiger partial charge in [0, 0.05) is 0 Å². The van der Waals surface area contributed by atoms with Crippen LogP contribution in [0.5, 0.6) is 0 Å². The van der Waals surface area contributed by atoms with Gasteiger partial charge in [0.2, 0.25) is 0 Å². The first-order valence-corrected chi connectivity index (χ1v) is 6.15. The van der Waals surface area contributed by atoms with E-state index in [2.05, 4.69) is 34.6 Å². The Labute approximate surface area is 86.1 Å². The Balaban J connectivity index is 0. The summed E-state index contributed by atoms with van der Waals surface area (Å²) < 4.78 is 0. The van der Waals surface area contributed by atoms with Crippen molar-refractivity contribution in [3.8, 4) is 0 Å². The van der Waals surface area contributed by atoms with E-state index in [1.807, 2.05) is 0 Å². The van der Waals surface area contributed by atoms with Crippen LogP contribution in [0, 0.1) is 5.92 Å². The molecular weight excluding hydrogens is 156 g/mol. The topological polar surface area (TPSA) is 0 Å². The van der Waals surface area contributed by atoms with Gasteiger partial charge in [-0.2, -0.15) is 0 Å². The molecular formula is C13H30. The largest absolute Gasteiger partial charge is 0.0656 e. The smallest absolute Gasteiger partial charge is 0.0500 e. The van der Waals surface area contributed by atoms with Gasteiger partial charge in [0.25, 0.3) is 0 Å². The van der Waals surface area contributed by atoms with Crippen LogP contribution in [0.2, 0.25) is 0 Å². The average Bonchev–Trinajstić information content (AvgIpc) is 2.08. The zero-order valence-corrected chi connectivity index (χ0v) is 10.5. The van der Waals surface area contributed by atoms with Crippen molar-refractivity contribution in [2.75, 3.05) is 0 Å². The van der Waals surface area contributed by atoms with Crippen molar-refractivity contribution in [1.82, 2.24) is 0 Å². The van der Waals surface area contributed by atoms with Gasteiger partial charge in [0.05, 0.1) is 0 Å². The lowest BCUT2D eigenvalue weighted by Crippen LogP contribution is -1.85. The van der Waals surface area contributed by atoms with Crippen LogP contribution in [0.25, 0.3) is 0 Å². The molecule has 82 valence electrons. The average molecular weight is 186 g/mol. The molecule has 0 aromatic heterocycles. The van der Waals surface area contributed by atoms with Gasteiger partial charge in [-0.25, -0.2) is 0 Å². The second kappa shape index (κ2) is 14.5. The zero-order chi connectivity index (χ0) is 10.5. The van der Waals surface area contributed by atoms with Crippen molar-refractivity contribution in [3.63, 3.8) is 0 Å². The standard InChI is InChI=1S/C6H12.C4H10.C3H8/c1-2-4-6-5-3-1;1-4(2)3;1-3-2/h1-6H2;4H,1-3H3;3H2,1-2H3. The quantitative estimate of drug-likeness (QED) is 0.474. The first-order valence-electron chi connectivity index (χ1n) is 6.15. The fraction of sp³-hybridized carbons (Fsp3) is 1.00. The molecule has 1 rings (SSSR count). The molecule has 0 heteroatoms. The second-order valence-electron chi connectivity index (χ2n) is 4.56. The van der Waals surface area contributed by atoms with Crippen LogP contribution in [-0.2, 0) is 0 Å². The number of hydrogen-bond donors (Lipinski definition) is 0. The molecule has 0 bridgehead atoms. The lowest BCUT2D eigenvalue weighted by molar-refractivity contribution is 0.504. The highest BCUT2D eigenvalue weighted by atomic mass is 14.0. The summed E-state index contributed by atoms with van der Waals surface area (Å²) in [5.74, 6) is 0.833. The van der Waals surface area contributed by atoms with E-state index < -0.39 is 0 Å². The van der Waals surface area contributed by atoms with Gasteiger partial charge in [0.1, 0.15) is 0 Å². The third kappa shape index (κ3) is 33.3. The van der Waals surface area contributed by atoms with Crippen molar-refractivity contribution in [2.45, 2.75) is 79.6 Å². The predicted octanol–water partition coefficient (Wildman–Crippen LogP) is 5.42. The van der Waals surface area contributed by atoms with Crippen molar-refractivity contribution in [3.05, 3.63) is 0 Å². The van der Waals surface area contributed by atoms with Gasteiger partial charge < -0.3 is 0 Å². The summed E-state index contributed by atoms with van der Waals surface area (Å²) in [4.78, 5) is 0. The van der Waals surface area contributed by atoms with Crippen LogP contribution in [-0.4, -0.2) is 0 Å². The van der Waals surface area contributed by atoms with Gasteiger partial charge in [-0.05, 0) is 5.92 Å². The highest BCUT2D eigenvalue weighted by Crippen LogP contribution is 2.15. The fourth-order valence-corrected chi connectivity index (χ4v) is 1.06. The molecule has 0 unspecified atom stereocenters. The lowest BCUT2D eigenvalue weighted by Gasteiger charge is -2.05. The summed E-state index contributed by atoms with van der Waals surface area (Å²) in [5.41, 5.74) is 0. The lowest BCUT2D eigenvalue weighted by atomic mass is 10.0. The summed E-state index contributed by atoms with van der Waals surface area (Å²) in [5, 5.41) is 0. The summed E-state index contributed by atoms with van der Waals surface area (Å²) in [6.45, 7) is 10.8. The maximum atomic E-state index is 2.17. The number of hydrogen-bond acceptors (Lipinski definition) is 0. The normalized spacial score (nSPS) is 15.2. The molecule has 0 aromatic carbocycles. The second-order valence-corrected chi connectivity index (χ2v) is 4.56. The predicted molar refractivity (Wildman–Crippen MR) is 64.2 cm³/mol. The third-order valence-corrected chi connectivity index (χ3v) is 1.50. The van der Waals surface area contributed by atoms with E-state index in [4.69, 9.17) is 0 Å². The summed E-state index contributed by atoms with van der Waals surface area (Å²) in [6, 6.07) is 0. The molecule has 1 aliphatic carbocycles. The molecule has 0 atom stereocenters. The Hall–Kier alpha value is 0. The van der Waals surface area contributed by atoms with Crippen LogP contribution in [0.15, 0.2) is 0 Å². The molecule has 0 heterocycles. The molecule has 0 aromatic rings. The minimum absolute atomic E-state index is 0.833. The van der Waals surface area contributed by atoms with E-state index in [0.717, 1.165) is 5.92 Å². The zero-order valence-electron chi connectivity index (χ0n) is 10.5. The van der Waals surface area contributed by atoms with E-state index in [9.17, 15) is 0 Å². The van der Waals surface area contributed by atoms with E-state index >= 15 is 0 Å². The maximum absolute atomic E-state index is 2.17. The van der Waals surface area contributed by atoms with E-state index in [1.165, 1.54) is 44.9 Å². The van der Waals surface area contributed by atoms with E-state index in [-0.39, 0.29) is 0 Å². The minimum Gasteiger partial charge on any atom is -0.0656 e. The van der Waals surface area contributed by atoms with Crippen LogP contribution in [0.3, 0.4) is 0 Å². The van der Waals surface area contributed by atoms with Crippen LogP contribution >= 0.6 is 0 Å². The summed E-state index contributed by atoms with van der Waals surface area (Å²) in [7, 11) is 0. The molecule has 0 nitrogen and oxygen atoms in total. The van der Waals surface area contributed by atoms with Crippen LogP contribution in [0.1, 0.15) is 79.6 Å². The first kappa shape index (κ1) is 15.5. The summed E-state index contributed by atoms with van der Waals surface area (Å²) >= 11 is 0. The molecule has 0 spiro atoms. The van der Waals surface area contributed by atoms with E-state index in [0.29, 0.717) is 0 Å². The van der Waals surface area contributed by atoms with Crippen LogP contribution < -0.4 is 0 Å². The molecule has 13 heavy (non-hydrogen) atoms. The molecule has 0 saturated heterocycles.